The van der Waals surface area contributed by atoms with E-state index in [0.717, 1.165) is 35.3 Å². The number of anilines is 1. The molecule has 1 saturated carbocycles. The minimum absolute atomic E-state index is 0.0193. The van der Waals surface area contributed by atoms with E-state index < -0.39 is 42.0 Å². The van der Waals surface area contributed by atoms with E-state index in [1.54, 1.807) is 30.3 Å². The van der Waals surface area contributed by atoms with Gasteiger partial charge in [-0.1, -0.05) is 62.2 Å². The third-order valence-electron chi connectivity index (χ3n) is 7.03. The first-order valence-electron chi connectivity index (χ1n) is 12.0. The summed E-state index contributed by atoms with van der Waals surface area (Å²) in [6.07, 6.45) is 1.98. The van der Waals surface area contributed by atoms with Crippen molar-refractivity contribution < 1.29 is 23.9 Å². The molecule has 4 amide bonds. The molecule has 2 aliphatic rings. The van der Waals surface area contributed by atoms with Crippen LogP contribution in [0.25, 0.3) is 0 Å². The van der Waals surface area contributed by atoms with Crippen LogP contribution in [0.2, 0.25) is 0 Å². The molecule has 0 radical (unpaired) electrons. The number of nitrogens with one attached hydrogen (secondary N) is 2. The molecule has 3 unspecified atom stereocenters. The van der Waals surface area contributed by atoms with E-state index in [2.05, 4.69) is 10.6 Å². The third-order valence-corrected chi connectivity index (χ3v) is 7.03. The quantitative estimate of drug-likeness (QED) is 0.483. The van der Waals surface area contributed by atoms with Crippen LogP contribution in [0, 0.1) is 19.8 Å². The summed E-state index contributed by atoms with van der Waals surface area (Å²) in [6, 6.07) is 13.7. The Kier molecular flexibility index (Phi) is 6.91. The lowest BCUT2D eigenvalue weighted by Gasteiger charge is -2.36. The molecule has 184 valence electrons. The maximum absolute atomic E-state index is 13.2. The molecule has 3 atom stereocenters. The molecule has 2 fully saturated rings. The van der Waals surface area contributed by atoms with Gasteiger partial charge < -0.3 is 15.4 Å². The normalized spacial score (nSPS) is 22.6. The van der Waals surface area contributed by atoms with Crippen LogP contribution >= 0.6 is 0 Å². The van der Waals surface area contributed by atoms with E-state index in [0.29, 0.717) is 17.7 Å². The van der Waals surface area contributed by atoms with Gasteiger partial charge in [0, 0.05) is 11.3 Å². The van der Waals surface area contributed by atoms with Gasteiger partial charge in [0.15, 0.2) is 0 Å². The fourth-order valence-corrected chi connectivity index (χ4v) is 4.91. The number of amides is 4. The molecule has 2 aromatic carbocycles. The number of hydrogen-bond acceptors (Lipinski definition) is 5. The van der Waals surface area contributed by atoms with Crippen molar-refractivity contribution in [1.82, 2.24) is 10.2 Å². The highest BCUT2D eigenvalue weighted by atomic mass is 16.5. The number of carbonyl (C=O) groups is 4. The molecule has 35 heavy (non-hydrogen) atoms. The summed E-state index contributed by atoms with van der Waals surface area (Å²) < 4.78 is 5.58. The van der Waals surface area contributed by atoms with Crippen molar-refractivity contribution >= 4 is 29.5 Å². The number of rotatable bonds is 6. The number of hydrogen-bond donors (Lipinski definition) is 2. The summed E-state index contributed by atoms with van der Waals surface area (Å²) in [5, 5.41) is 5.67. The van der Waals surface area contributed by atoms with Gasteiger partial charge in [0.1, 0.15) is 12.1 Å². The van der Waals surface area contributed by atoms with Crippen LogP contribution in [0.5, 0.6) is 0 Å². The number of benzene rings is 2. The monoisotopic (exact) mass is 477 g/mol. The van der Waals surface area contributed by atoms with Gasteiger partial charge in [-0.3, -0.25) is 19.3 Å². The molecule has 2 aromatic rings. The van der Waals surface area contributed by atoms with Gasteiger partial charge in [-0.05, 0) is 49.8 Å². The molecule has 8 nitrogen and oxygen atoms in total. The van der Waals surface area contributed by atoms with Crippen molar-refractivity contribution in [1.29, 1.82) is 0 Å². The Morgan fingerprint density at radius 3 is 2.60 bits per heavy atom. The van der Waals surface area contributed by atoms with Crippen LogP contribution in [-0.2, 0) is 19.1 Å². The average Bonchev–Trinajstić information content (AvgIpc) is 3.07. The Labute approximate surface area is 205 Å². The zero-order valence-corrected chi connectivity index (χ0v) is 20.3. The van der Waals surface area contributed by atoms with E-state index in [1.165, 1.54) is 0 Å². The topological polar surface area (TPSA) is 105 Å². The summed E-state index contributed by atoms with van der Waals surface area (Å²) in [5.74, 6) is -1.77. The molecule has 1 saturated heterocycles. The van der Waals surface area contributed by atoms with E-state index in [1.807, 2.05) is 39.0 Å². The van der Waals surface area contributed by atoms with Gasteiger partial charge in [0.2, 0.25) is 6.10 Å². The van der Waals surface area contributed by atoms with Gasteiger partial charge in [0.05, 0.1) is 0 Å². The second kappa shape index (κ2) is 9.90. The summed E-state index contributed by atoms with van der Waals surface area (Å²) >= 11 is 0. The number of nitrogens with zero attached hydrogens (tertiary/aromatic N) is 1. The minimum Gasteiger partial charge on any atom is -0.446 e. The standard InChI is InChI=1S/C27H31N3O5/c1-17-12-13-18(2)21(15-17)28-24(32)23(20-10-5-4-6-11-20)35-22(31)16-30-25(33)27(29-26(30)34)14-8-7-9-19(27)3/h4-6,10-13,15,19,23H,7-9,14,16H2,1-3H3,(H,28,32)(H,29,34). The molecule has 1 aliphatic carbocycles. The molecule has 0 aromatic heterocycles. The van der Waals surface area contributed by atoms with Gasteiger partial charge in [-0.2, -0.15) is 0 Å². The minimum atomic E-state index is -1.24. The zero-order chi connectivity index (χ0) is 25.2. The van der Waals surface area contributed by atoms with Gasteiger partial charge in [-0.25, -0.2) is 4.79 Å². The fraction of sp³-hybridized carbons (Fsp3) is 0.407. The van der Waals surface area contributed by atoms with Gasteiger partial charge in [-0.15, -0.1) is 0 Å². The maximum atomic E-state index is 13.2. The fourth-order valence-electron chi connectivity index (χ4n) is 4.91. The number of urea groups is 1. The van der Waals surface area contributed by atoms with Crippen molar-refractivity contribution in [2.45, 2.75) is 58.1 Å². The van der Waals surface area contributed by atoms with Crippen molar-refractivity contribution in [3.8, 4) is 0 Å². The van der Waals surface area contributed by atoms with Crippen LogP contribution in [0.1, 0.15) is 55.4 Å². The van der Waals surface area contributed by atoms with E-state index in [4.69, 9.17) is 4.74 Å². The Hall–Kier alpha value is -3.68. The number of carbonyl (C=O) groups excluding carboxylic acids is 4. The molecule has 8 heteroatoms. The maximum Gasteiger partial charge on any atom is 0.327 e. The Balaban J connectivity index is 1.51. The summed E-state index contributed by atoms with van der Waals surface area (Å²) in [7, 11) is 0. The van der Waals surface area contributed by atoms with E-state index in [9.17, 15) is 19.2 Å². The summed E-state index contributed by atoms with van der Waals surface area (Å²) in [6.45, 7) is 5.18. The third kappa shape index (κ3) is 4.92. The molecule has 1 spiro atoms. The second-order valence-corrected chi connectivity index (χ2v) is 9.53. The highest BCUT2D eigenvalue weighted by Gasteiger charge is 2.55. The first-order valence-corrected chi connectivity index (χ1v) is 12.0. The lowest BCUT2D eigenvalue weighted by molar-refractivity contribution is -0.157. The van der Waals surface area contributed by atoms with E-state index >= 15 is 0 Å². The van der Waals surface area contributed by atoms with E-state index in [-0.39, 0.29) is 5.92 Å². The average molecular weight is 478 g/mol. The molecule has 1 aliphatic heterocycles. The predicted molar refractivity (Wildman–Crippen MR) is 130 cm³/mol. The number of esters is 1. The van der Waals surface area contributed by atoms with Crippen LogP contribution in [0.3, 0.4) is 0 Å². The molecular weight excluding hydrogens is 446 g/mol. The van der Waals surface area contributed by atoms with Crippen molar-refractivity contribution in [3.05, 3.63) is 65.2 Å². The van der Waals surface area contributed by atoms with Crippen molar-refractivity contribution in [2.24, 2.45) is 5.92 Å². The second-order valence-electron chi connectivity index (χ2n) is 9.53. The van der Waals surface area contributed by atoms with Gasteiger partial charge >= 0.3 is 12.0 Å². The zero-order valence-electron chi connectivity index (χ0n) is 20.3. The molecule has 2 N–H and O–H groups in total. The van der Waals surface area contributed by atoms with Crippen LogP contribution in [0.15, 0.2) is 48.5 Å². The van der Waals surface area contributed by atoms with Crippen molar-refractivity contribution in [2.75, 3.05) is 11.9 Å². The van der Waals surface area contributed by atoms with Gasteiger partial charge in [0.25, 0.3) is 11.8 Å². The van der Waals surface area contributed by atoms with Crippen molar-refractivity contribution in [3.63, 3.8) is 0 Å². The first-order chi connectivity index (χ1) is 16.7. The number of ether oxygens (including phenoxy) is 1. The predicted octanol–water partition coefficient (Wildman–Crippen LogP) is 4.03. The van der Waals surface area contributed by atoms with Crippen LogP contribution < -0.4 is 10.6 Å². The number of imide groups is 1. The molecule has 0 bridgehead atoms. The molecule has 1 heterocycles. The summed E-state index contributed by atoms with van der Waals surface area (Å²) in [4.78, 5) is 52.9. The smallest absolute Gasteiger partial charge is 0.327 e. The van der Waals surface area contributed by atoms with Crippen LogP contribution in [-0.4, -0.2) is 40.8 Å². The van der Waals surface area contributed by atoms with Crippen LogP contribution in [0.4, 0.5) is 10.5 Å². The lowest BCUT2D eigenvalue weighted by Crippen LogP contribution is -2.54. The molecular formula is C27H31N3O5. The summed E-state index contributed by atoms with van der Waals surface area (Å²) in [5.41, 5.74) is 1.98. The number of aryl methyl sites for hydroxylation is 2. The Morgan fingerprint density at radius 1 is 1.14 bits per heavy atom. The highest BCUT2D eigenvalue weighted by molar-refractivity contribution is 6.09. The Morgan fingerprint density at radius 2 is 1.89 bits per heavy atom. The largest absolute Gasteiger partial charge is 0.446 e. The molecule has 4 rings (SSSR count). The highest BCUT2D eigenvalue weighted by Crippen LogP contribution is 2.38. The SMILES string of the molecule is Cc1ccc(C)c(NC(=O)C(OC(=O)CN2C(=O)NC3(CCCCC3C)C2=O)c2ccccc2)c1. The first kappa shape index (κ1) is 24.4. The Bertz CT molecular complexity index is 1150. The lowest BCUT2D eigenvalue weighted by atomic mass is 9.73.